The zero-order chi connectivity index (χ0) is 16.2. The van der Waals surface area contributed by atoms with Gasteiger partial charge in [-0.3, -0.25) is 9.36 Å². The maximum absolute atomic E-state index is 12.3. The molecule has 0 atom stereocenters. The third-order valence-corrected chi connectivity index (χ3v) is 4.35. The second-order valence-electron chi connectivity index (χ2n) is 5.23. The standard InChI is InChI=1S/C17H16N4OS/c1-12-3-4-14(13(2)9-12)15(22)10-23-17-6-5-16(19-20-17)21-8-7-18-11-21/h3-9,11H,10H2,1-2H3. The van der Waals surface area contributed by atoms with Crippen LogP contribution in [0.5, 0.6) is 0 Å². The lowest BCUT2D eigenvalue weighted by Crippen LogP contribution is -2.05. The number of benzene rings is 1. The van der Waals surface area contributed by atoms with E-state index in [-0.39, 0.29) is 5.78 Å². The van der Waals surface area contributed by atoms with Crippen LogP contribution in [0.1, 0.15) is 21.5 Å². The molecular formula is C17H16N4OS. The predicted octanol–water partition coefficient (Wildman–Crippen LogP) is 3.25. The average molecular weight is 324 g/mol. The summed E-state index contributed by atoms with van der Waals surface area (Å²) in [7, 11) is 0. The van der Waals surface area contributed by atoms with Crippen LogP contribution in [0.4, 0.5) is 0 Å². The van der Waals surface area contributed by atoms with E-state index >= 15 is 0 Å². The molecule has 0 aliphatic heterocycles. The molecule has 0 aliphatic carbocycles. The molecule has 23 heavy (non-hydrogen) atoms. The Morgan fingerprint density at radius 1 is 1.17 bits per heavy atom. The first-order chi connectivity index (χ1) is 11.1. The van der Waals surface area contributed by atoms with Crippen molar-refractivity contribution in [2.75, 3.05) is 5.75 Å². The monoisotopic (exact) mass is 324 g/mol. The van der Waals surface area contributed by atoms with Gasteiger partial charge in [-0.1, -0.05) is 35.5 Å². The van der Waals surface area contributed by atoms with Gasteiger partial charge in [0.2, 0.25) is 0 Å². The Hall–Kier alpha value is -2.47. The molecule has 6 heteroatoms. The minimum Gasteiger partial charge on any atom is -0.293 e. The van der Waals surface area contributed by atoms with Crippen LogP contribution in [0.2, 0.25) is 0 Å². The van der Waals surface area contributed by atoms with Gasteiger partial charge in [0.25, 0.3) is 0 Å². The van der Waals surface area contributed by atoms with Crippen LogP contribution >= 0.6 is 11.8 Å². The molecule has 0 amide bonds. The highest BCUT2D eigenvalue weighted by Gasteiger charge is 2.10. The van der Waals surface area contributed by atoms with Crippen LogP contribution in [0.25, 0.3) is 5.82 Å². The lowest BCUT2D eigenvalue weighted by molar-refractivity contribution is 0.102. The Bertz CT molecular complexity index is 813. The van der Waals surface area contributed by atoms with Crippen molar-refractivity contribution >= 4 is 17.5 Å². The van der Waals surface area contributed by atoms with Crippen LogP contribution in [0.15, 0.2) is 54.1 Å². The lowest BCUT2D eigenvalue weighted by atomic mass is 10.0. The van der Waals surface area contributed by atoms with Crippen LogP contribution in [0.3, 0.4) is 0 Å². The maximum atomic E-state index is 12.3. The van der Waals surface area contributed by atoms with Gasteiger partial charge < -0.3 is 0 Å². The van der Waals surface area contributed by atoms with E-state index in [9.17, 15) is 4.79 Å². The molecule has 116 valence electrons. The quantitative estimate of drug-likeness (QED) is 0.532. The van der Waals surface area contributed by atoms with Gasteiger partial charge in [-0.15, -0.1) is 10.2 Å². The van der Waals surface area contributed by atoms with Crippen molar-refractivity contribution in [2.45, 2.75) is 18.9 Å². The fourth-order valence-electron chi connectivity index (χ4n) is 2.27. The Kier molecular flexibility index (Phi) is 4.52. The predicted molar refractivity (Wildman–Crippen MR) is 90.1 cm³/mol. The topological polar surface area (TPSA) is 60.7 Å². The van der Waals surface area contributed by atoms with Crippen LogP contribution in [-0.2, 0) is 0 Å². The molecule has 0 spiro atoms. The van der Waals surface area contributed by atoms with Crippen LogP contribution < -0.4 is 0 Å². The highest BCUT2D eigenvalue weighted by Crippen LogP contribution is 2.19. The fourth-order valence-corrected chi connectivity index (χ4v) is 2.96. The summed E-state index contributed by atoms with van der Waals surface area (Å²) in [6.07, 6.45) is 5.16. The molecule has 0 radical (unpaired) electrons. The van der Waals surface area contributed by atoms with Gasteiger partial charge in [-0.05, 0) is 31.5 Å². The van der Waals surface area contributed by atoms with Crippen LogP contribution in [0, 0.1) is 13.8 Å². The van der Waals surface area contributed by atoms with Gasteiger partial charge in [0, 0.05) is 18.0 Å². The average Bonchev–Trinajstić information content (AvgIpc) is 3.07. The van der Waals surface area contributed by atoms with Crippen molar-refractivity contribution < 1.29 is 4.79 Å². The van der Waals surface area contributed by atoms with E-state index in [1.165, 1.54) is 11.8 Å². The first-order valence-electron chi connectivity index (χ1n) is 7.19. The first-order valence-corrected chi connectivity index (χ1v) is 8.17. The molecule has 0 saturated heterocycles. The van der Waals surface area contributed by atoms with Crippen LogP contribution in [-0.4, -0.2) is 31.3 Å². The Morgan fingerprint density at radius 3 is 2.70 bits per heavy atom. The third-order valence-electron chi connectivity index (χ3n) is 3.43. The summed E-state index contributed by atoms with van der Waals surface area (Å²) in [5.74, 6) is 1.16. The number of rotatable bonds is 5. The summed E-state index contributed by atoms with van der Waals surface area (Å²) in [5.41, 5.74) is 2.94. The molecule has 0 N–H and O–H groups in total. The van der Waals surface area contributed by atoms with E-state index in [1.807, 2.05) is 44.2 Å². The molecule has 2 aromatic heterocycles. The van der Waals surface area contributed by atoms with Crippen molar-refractivity contribution in [3.05, 3.63) is 65.7 Å². The van der Waals surface area contributed by atoms with Gasteiger partial charge in [-0.2, -0.15) is 0 Å². The molecule has 0 aliphatic rings. The van der Waals surface area contributed by atoms with Crippen molar-refractivity contribution in [1.29, 1.82) is 0 Å². The molecule has 5 nitrogen and oxygen atoms in total. The maximum Gasteiger partial charge on any atom is 0.173 e. The molecule has 0 fully saturated rings. The van der Waals surface area contributed by atoms with E-state index < -0.39 is 0 Å². The summed E-state index contributed by atoms with van der Waals surface area (Å²) in [5, 5.41) is 9.02. The van der Waals surface area contributed by atoms with Crippen molar-refractivity contribution in [1.82, 2.24) is 19.7 Å². The van der Waals surface area contributed by atoms with E-state index in [2.05, 4.69) is 15.2 Å². The normalized spacial score (nSPS) is 10.7. The molecule has 3 aromatic rings. The van der Waals surface area contributed by atoms with E-state index in [4.69, 9.17) is 0 Å². The SMILES string of the molecule is Cc1ccc(C(=O)CSc2ccc(-n3ccnc3)nn2)c(C)c1. The molecule has 1 aromatic carbocycles. The highest BCUT2D eigenvalue weighted by atomic mass is 32.2. The third kappa shape index (κ3) is 3.65. The molecule has 3 rings (SSSR count). The molecule has 0 saturated carbocycles. The summed E-state index contributed by atoms with van der Waals surface area (Å²) < 4.78 is 1.78. The fraction of sp³-hybridized carbons (Fsp3) is 0.176. The summed E-state index contributed by atoms with van der Waals surface area (Å²) in [6, 6.07) is 9.60. The Balaban J connectivity index is 1.65. The zero-order valence-corrected chi connectivity index (χ0v) is 13.7. The number of Topliss-reactive ketones (excluding diaryl/α,β-unsaturated/α-hetero) is 1. The zero-order valence-electron chi connectivity index (χ0n) is 12.9. The van der Waals surface area contributed by atoms with Crippen molar-refractivity contribution in [3.63, 3.8) is 0 Å². The minimum atomic E-state index is 0.105. The number of carbonyl (C=O) groups excluding carboxylic acids is 1. The Labute approximate surface area is 138 Å². The number of nitrogens with zero attached hydrogens (tertiary/aromatic N) is 4. The van der Waals surface area contributed by atoms with Gasteiger partial charge >= 0.3 is 0 Å². The number of aryl methyl sites for hydroxylation is 2. The number of ketones is 1. The minimum absolute atomic E-state index is 0.105. The number of imidazole rings is 1. The summed E-state index contributed by atoms with van der Waals surface area (Å²) >= 11 is 1.39. The van der Waals surface area contributed by atoms with Gasteiger partial charge in [0.1, 0.15) is 11.4 Å². The Morgan fingerprint density at radius 2 is 2.04 bits per heavy atom. The smallest absolute Gasteiger partial charge is 0.173 e. The first kappa shape index (κ1) is 15.4. The van der Waals surface area contributed by atoms with Gasteiger partial charge in [0.15, 0.2) is 11.6 Å². The van der Waals surface area contributed by atoms with Gasteiger partial charge in [0.05, 0.1) is 5.75 Å². The molecule has 0 bridgehead atoms. The van der Waals surface area contributed by atoms with E-state index in [0.717, 1.165) is 21.7 Å². The lowest BCUT2D eigenvalue weighted by Gasteiger charge is -2.06. The molecule has 0 unspecified atom stereocenters. The second kappa shape index (κ2) is 6.75. The van der Waals surface area contributed by atoms with E-state index in [1.54, 1.807) is 23.3 Å². The highest BCUT2D eigenvalue weighted by molar-refractivity contribution is 7.99. The van der Waals surface area contributed by atoms with Crippen molar-refractivity contribution in [3.8, 4) is 5.82 Å². The van der Waals surface area contributed by atoms with Crippen molar-refractivity contribution in [2.24, 2.45) is 0 Å². The largest absolute Gasteiger partial charge is 0.293 e. The summed E-state index contributed by atoms with van der Waals surface area (Å²) in [6.45, 7) is 3.98. The number of hydrogen-bond donors (Lipinski definition) is 0. The van der Waals surface area contributed by atoms with Gasteiger partial charge in [-0.25, -0.2) is 4.98 Å². The molecular weight excluding hydrogens is 308 g/mol. The number of aromatic nitrogens is 4. The second-order valence-corrected chi connectivity index (χ2v) is 6.23. The van der Waals surface area contributed by atoms with E-state index in [0.29, 0.717) is 11.6 Å². The number of hydrogen-bond acceptors (Lipinski definition) is 5. The number of thioether (sulfide) groups is 1. The number of carbonyl (C=O) groups is 1. The molecule has 2 heterocycles. The summed E-state index contributed by atoms with van der Waals surface area (Å²) in [4.78, 5) is 16.3.